The molecule has 0 saturated carbocycles. The van der Waals surface area contributed by atoms with Crippen molar-refractivity contribution >= 4 is 47.2 Å². The van der Waals surface area contributed by atoms with Crippen LogP contribution in [0.5, 0.6) is 0 Å². The van der Waals surface area contributed by atoms with Gasteiger partial charge in [0.2, 0.25) is 0 Å². The predicted molar refractivity (Wildman–Crippen MR) is 126 cm³/mol. The Morgan fingerprint density at radius 1 is 1.39 bits per heavy atom. The van der Waals surface area contributed by atoms with Gasteiger partial charge in [-0.1, -0.05) is 17.7 Å². The van der Waals surface area contributed by atoms with Crippen LogP contribution in [0.2, 0.25) is 5.02 Å². The molecule has 28 heavy (non-hydrogen) atoms. The first kappa shape index (κ1) is 23.5. The molecule has 0 aliphatic carbocycles. The zero-order valence-corrected chi connectivity index (χ0v) is 19.6. The van der Waals surface area contributed by atoms with Gasteiger partial charge in [0, 0.05) is 62.6 Å². The Bertz CT molecular complexity index is 614. The summed E-state index contributed by atoms with van der Waals surface area (Å²) in [6, 6.07) is 8.43. The van der Waals surface area contributed by atoms with Crippen molar-refractivity contribution in [1.82, 2.24) is 10.6 Å². The summed E-state index contributed by atoms with van der Waals surface area (Å²) in [5, 5.41) is 7.69. The van der Waals surface area contributed by atoms with Crippen LogP contribution in [0.25, 0.3) is 0 Å². The van der Waals surface area contributed by atoms with Gasteiger partial charge in [0.05, 0.1) is 13.2 Å². The third kappa shape index (κ3) is 7.57. The number of ether oxygens (including phenoxy) is 2. The van der Waals surface area contributed by atoms with Gasteiger partial charge in [-0.15, -0.1) is 24.0 Å². The zero-order chi connectivity index (χ0) is 18.9. The highest BCUT2D eigenvalue weighted by atomic mass is 127. The molecule has 2 saturated heterocycles. The first-order valence-corrected chi connectivity index (χ1v) is 10.3. The number of halogens is 2. The van der Waals surface area contributed by atoms with Crippen molar-refractivity contribution in [2.24, 2.45) is 10.9 Å². The van der Waals surface area contributed by atoms with Crippen LogP contribution in [0.15, 0.2) is 29.3 Å². The van der Waals surface area contributed by atoms with E-state index >= 15 is 0 Å². The Hall–Kier alpha value is -0.770. The summed E-state index contributed by atoms with van der Waals surface area (Å²) in [6.07, 6.45) is 3.18. The number of hydrogen-bond acceptors (Lipinski definition) is 4. The molecule has 2 N–H and O–H groups in total. The van der Waals surface area contributed by atoms with Gasteiger partial charge in [0.15, 0.2) is 5.96 Å². The van der Waals surface area contributed by atoms with Crippen molar-refractivity contribution in [3.05, 3.63) is 29.3 Å². The quantitative estimate of drug-likeness (QED) is 0.238. The molecule has 2 heterocycles. The lowest BCUT2D eigenvalue weighted by Crippen LogP contribution is -2.45. The summed E-state index contributed by atoms with van der Waals surface area (Å²) in [6.45, 7) is 6.14. The van der Waals surface area contributed by atoms with E-state index in [0.29, 0.717) is 12.0 Å². The third-order valence-electron chi connectivity index (χ3n) is 5.06. The van der Waals surface area contributed by atoms with Crippen LogP contribution in [0.1, 0.15) is 19.3 Å². The average Bonchev–Trinajstić information content (AvgIpc) is 3.35. The molecule has 2 aliphatic rings. The number of nitrogens with one attached hydrogen (secondary N) is 2. The second-order valence-corrected chi connectivity index (χ2v) is 7.65. The number of benzene rings is 1. The summed E-state index contributed by atoms with van der Waals surface area (Å²) in [7, 11) is 1.82. The molecule has 3 rings (SSSR count). The molecule has 6 nitrogen and oxygen atoms in total. The largest absolute Gasteiger partial charge is 0.381 e. The van der Waals surface area contributed by atoms with Gasteiger partial charge in [-0.3, -0.25) is 4.99 Å². The van der Waals surface area contributed by atoms with Gasteiger partial charge >= 0.3 is 0 Å². The smallest absolute Gasteiger partial charge is 0.191 e. The molecule has 0 aromatic heterocycles. The highest BCUT2D eigenvalue weighted by Crippen LogP contribution is 2.23. The normalized spacial score (nSPS) is 22.2. The predicted octanol–water partition coefficient (Wildman–Crippen LogP) is 3.14. The summed E-state index contributed by atoms with van der Waals surface area (Å²) in [5.74, 6) is 1.44. The van der Waals surface area contributed by atoms with Crippen molar-refractivity contribution in [3.8, 4) is 0 Å². The zero-order valence-electron chi connectivity index (χ0n) is 16.5. The number of rotatable bonds is 8. The Kier molecular flexibility index (Phi) is 10.7. The van der Waals surface area contributed by atoms with E-state index in [4.69, 9.17) is 21.1 Å². The lowest BCUT2D eigenvalue weighted by Gasteiger charge is -2.20. The van der Waals surface area contributed by atoms with E-state index in [2.05, 4.69) is 26.6 Å². The van der Waals surface area contributed by atoms with Crippen molar-refractivity contribution in [1.29, 1.82) is 0 Å². The third-order valence-corrected chi connectivity index (χ3v) is 5.30. The number of nitrogens with zero attached hydrogens (tertiary/aromatic N) is 2. The van der Waals surface area contributed by atoms with E-state index in [1.165, 1.54) is 5.69 Å². The summed E-state index contributed by atoms with van der Waals surface area (Å²) >= 11 is 6.11. The molecule has 1 aromatic rings. The van der Waals surface area contributed by atoms with Crippen LogP contribution < -0.4 is 15.5 Å². The fourth-order valence-electron chi connectivity index (χ4n) is 3.52. The van der Waals surface area contributed by atoms with Gasteiger partial charge in [-0.2, -0.15) is 0 Å². The van der Waals surface area contributed by atoms with Crippen molar-refractivity contribution in [2.45, 2.75) is 25.3 Å². The minimum absolute atomic E-state index is 0. The van der Waals surface area contributed by atoms with Gasteiger partial charge in [0.1, 0.15) is 0 Å². The molecule has 0 radical (unpaired) electrons. The molecule has 0 spiro atoms. The van der Waals surface area contributed by atoms with Crippen LogP contribution >= 0.6 is 35.6 Å². The molecule has 1 aromatic carbocycles. The topological polar surface area (TPSA) is 58.1 Å². The second-order valence-electron chi connectivity index (χ2n) is 7.21. The monoisotopic (exact) mass is 522 g/mol. The fraction of sp³-hybridized carbons (Fsp3) is 0.650. The Morgan fingerprint density at radius 3 is 3.04 bits per heavy atom. The molecule has 2 fully saturated rings. The molecule has 0 bridgehead atoms. The highest BCUT2D eigenvalue weighted by Gasteiger charge is 2.23. The Morgan fingerprint density at radius 2 is 2.29 bits per heavy atom. The summed E-state index contributed by atoms with van der Waals surface area (Å²) in [4.78, 5) is 6.70. The van der Waals surface area contributed by atoms with Crippen molar-refractivity contribution in [2.75, 3.05) is 58.0 Å². The number of hydrogen-bond donors (Lipinski definition) is 2. The maximum Gasteiger partial charge on any atom is 0.191 e. The van der Waals surface area contributed by atoms with E-state index in [1.54, 1.807) is 0 Å². The molecule has 2 unspecified atom stereocenters. The van der Waals surface area contributed by atoms with E-state index in [9.17, 15) is 0 Å². The molecule has 0 amide bonds. The van der Waals surface area contributed by atoms with Crippen LogP contribution in [-0.2, 0) is 9.47 Å². The van der Waals surface area contributed by atoms with E-state index in [1.807, 2.05) is 25.2 Å². The van der Waals surface area contributed by atoms with E-state index in [0.717, 1.165) is 76.3 Å². The first-order chi connectivity index (χ1) is 13.2. The Labute approximate surface area is 190 Å². The molecule has 8 heteroatoms. The van der Waals surface area contributed by atoms with E-state index in [-0.39, 0.29) is 24.0 Å². The standard InChI is InChI=1S/C20H31ClN4O2.HI/c1-22-20(23-8-3-10-26-14-16-7-11-27-15-16)24-18-6-9-25(13-18)19-5-2-4-17(21)12-19;/h2,4-5,12,16,18H,3,6-11,13-15H2,1H3,(H2,22,23,24);1H. The van der Waals surface area contributed by atoms with Gasteiger partial charge in [-0.05, 0) is 37.5 Å². The highest BCUT2D eigenvalue weighted by molar-refractivity contribution is 14.0. The van der Waals surface area contributed by atoms with E-state index < -0.39 is 0 Å². The summed E-state index contributed by atoms with van der Waals surface area (Å²) in [5.41, 5.74) is 1.18. The molecule has 2 aliphatic heterocycles. The first-order valence-electron chi connectivity index (χ1n) is 9.88. The number of anilines is 1. The van der Waals surface area contributed by atoms with Crippen LogP contribution in [0.4, 0.5) is 5.69 Å². The average molecular weight is 523 g/mol. The maximum absolute atomic E-state index is 6.11. The fourth-order valence-corrected chi connectivity index (χ4v) is 3.70. The second kappa shape index (κ2) is 12.7. The maximum atomic E-state index is 6.11. The van der Waals surface area contributed by atoms with Gasteiger partial charge < -0.3 is 25.0 Å². The van der Waals surface area contributed by atoms with Gasteiger partial charge in [0.25, 0.3) is 0 Å². The van der Waals surface area contributed by atoms with Crippen molar-refractivity contribution < 1.29 is 9.47 Å². The van der Waals surface area contributed by atoms with Crippen LogP contribution in [0.3, 0.4) is 0 Å². The minimum Gasteiger partial charge on any atom is -0.381 e. The molecule has 2 atom stereocenters. The van der Waals surface area contributed by atoms with Gasteiger partial charge in [-0.25, -0.2) is 0 Å². The number of guanidine groups is 1. The van der Waals surface area contributed by atoms with Crippen LogP contribution in [-0.4, -0.2) is 65.1 Å². The SMILES string of the molecule is CN=C(NCCCOCC1CCOC1)NC1CCN(c2cccc(Cl)c2)C1.I. The lowest BCUT2D eigenvalue weighted by atomic mass is 10.1. The molecular weight excluding hydrogens is 491 g/mol. The molecular formula is C20H32ClIN4O2. The lowest BCUT2D eigenvalue weighted by molar-refractivity contribution is 0.0888. The minimum atomic E-state index is 0. The number of aliphatic imine (C=N–C) groups is 1. The molecule has 158 valence electrons. The Balaban J connectivity index is 0.00000280. The van der Waals surface area contributed by atoms with Crippen LogP contribution in [0, 0.1) is 5.92 Å². The van der Waals surface area contributed by atoms with Crippen molar-refractivity contribution in [3.63, 3.8) is 0 Å². The summed E-state index contributed by atoms with van der Waals surface area (Å²) < 4.78 is 11.1.